The van der Waals surface area contributed by atoms with E-state index in [2.05, 4.69) is 0 Å². The van der Waals surface area contributed by atoms with E-state index in [0.29, 0.717) is 18.4 Å². The van der Waals surface area contributed by atoms with Gasteiger partial charge >= 0.3 is 11.9 Å². The van der Waals surface area contributed by atoms with Crippen LogP contribution in [0.5, 0.6) is 0 Å². The summed E-state index contributed by atoms with van der Waals surface area (Å²) >= 11 is 0. The van der Waals surface area contributed by atoms with E-state index < -0.39 is 28.0 Å². The Morgan fingerprint density at radius 2 is 2.13 bits per heavy atom. The van der Waals surface area contributed by atoms with Crippen molar-refractivity contribution in [1.82, 2.24) is 4.31 Å². The molecule has 0 spiro atoms. The van der Waals surface area contributed by atoms with Gasteiger partial charge < -0.3 is 9.84 Å². The van der Waals surface area contributed by atoms with Crippen molar-refractivity contribution in [1.29, 1.82) is 0 Å². The van der Waals surface area contributed by atoms with Gasteiger partial charge in [0.15, 0.2) is 0 Å². The van der Waals surface area contributed by atoms with E-state index >= 15 is 0 Å². The molecule has 23 heavy (non-hydrogen) atoms. The van der Waals surface area contributed by atoms with Crippen LogP contribution in [0.2, 0.25) is 0 Å². The number of carbonyl (C=O) groups excluding carboxylic acids is 1. The molecule has 0 unspecified atom stereocenters. The van der Waals surface area contributed by atoms with E-state index in [4.69, 9.17) is 9.84 Å². The highest BCUT2D eigenvalue weighted by molar-refractivity contribution is 7.89. The number of aliphatic carboxylic acids is 1. The number of sulfonamides is 1. The largest absolute Gasteiger partial charge is 0.480 e. The average molecular weight is 341 g/mol. The monoisotopic (exact) mass is 341 g/mol. The third-order valence-corrected chi connectivity index (χ3v) is 5.55. The van der Waals surface area contributed by atoms with Crippen molar-refractivity contribution in [3.63, 3.8) is 0 Å². The molecule has 126 valence electrons. The van der Waals surface area contributed by atoms with Crippen molar-refractivity contribution < 1.29 is 27.9 Å². The zero-order valence-electron chi connectivity index (χ0n) is 12.8. The Morgan fingerprint density at radius 1 is 1.39 bits per heavy atom. The molecule has 1 aliphatic heterocycles. The highest BCUT2D eigenvalue weighted by atomic mass is 32.2. The summed E-state index contributed by atoms with van der Waals surface area (Å²) in [6.07, 6.45) is 0.787. The van der Waals surface area contributed by atoms with E-state index in [1.165, 1.54) is 18.2 Å². The molecule has 1 fully saturated rings. The molecule has 1 saturated heterocycles. The first-order chi connectivity index (χ1) is 10.9. The second-order valence-electron chi connectivity index (χ2n) is 5.24. The summed E-state index contributed by atoms with van der Waals surface area (Å²) < 4.78 is 31.2. The minimum Gasteiger partial charge on any atom is -0.480 e. The van der Waals surface area contributed by atoms with Gasteiger partial charge in [-0.2, -0.15) is 4.31 Å². The van der Waals surface area contributed by atoms with Gasteiger partial charge in [-0.25, -0.2) is 8.42 Å². The maximum absolute atomic E-state index is 12.7. The summed E-state index contributed by atoms with van der Waals surface area (Å²) in [5.74, 6) is -1.58. The number of ether oxygens (including phenoxy) is 1. The summed E-state index contributed by atoms with van der Waals surface area (Å²) in [4.78, 5) is 22.7. The third-order valence-electron chi connectivity index (χ3n) is 3.65. The summed E-state index contributed by atoms with van der Waals surface area (Å²) in [5, 5.41) is 9.16. The van der Waals surface area contributed by atoms with Crippen LogP contribution in [0.15, 0.2) is 29.2 Å². The number of rotatable bonds is 6. The van der Waals surface area contributed by atoms with Gasteiger partial charge in [-0.15, -0.1) is 0 Å². The third kappa shape index (κ3) is 3.89. The minimum atomic E-state index is -3.90. The van der Waals surface area contributed by atoms with Crippen LogP contribution < -0.4 is 0 Å². The number of carboxylic acids is 1. The molecule has 0 aromatic heterocycles. The first kappa shape index (κ1) is 17.4. The SMILES string of the molecule is CCOC(=O)Cc1cccc(S(=O)(=O)N2CCC[C@@H]2C(=O)O)c1. The van der Waals surface area contributed by atoms with Gasteiger partial charge in [0.25, 0.3) is 0 Å². The lowest BCUT2D eigenvalue weighted by molar-refractivity contribution is -0.142. The standard InChI is InChI=1S/C15H19NO6S/c1-2-22-14(17)10-11-5-3-6-12(9-11)23(20,21)16-8-4-7-13(16)15(18)19/h3,5-6,9,13H,2,4,7-8,10H2,1H3,(H,18,19)/t13-/m1/s1. The maximum Gasteiger partial charge on any atom is 0.322 e. The maximum atomic E-state index is 12.7. The van der Waals surface area contributed by atoms with Gasteiger partial charge in [-0.3, -0.25) is 9.59 Å². The van der Waals surface area contributed by atoms with Crippen molar-refractivity contribution in [2.24, 2.45) is 0 Å². The molecule has 0 bridgehead atoms. The van der Waals surface area contributed by atoms with Crippen LogP contribution >= 0.6 is 0 Å². The number of nitrogens with zero attached hydrogens (tertiary/aromatic N) is 1. The van der Waals surface area contributed by atoms with Crippen molar-refractivity contribution >= 4 is 22.0 Å². The molecule has 1 aliphatic rings. The summed E-state index contributed by atoms with van der Waals surface area (Å²) in [7, 11) is -3.90. The highest BCUT2D eigenvalue weighted by Crippen LogP contribution is 2.26. The molecule has 1 aromatic carbocycles. The van der Waals surface area contributed by atoms with E-state index in [9.17, 15) is 18.0 Å². The van der Waals surface area contributed by atoms with E-state index in [1.54, 1.807) is 13.0 Å². The molecule has 0 amide bonds. The van der Waals surface area contributed by atoms with E-state index in [0.717, 1.165) is 4.31 Å². The Bertz CT molecular complexity index is 700. The molecular formula is C15H19NO6S. The molecule has 1 aromatic rings. The molecule has 1 atom stereocenters. The van der Waals surface area contributed by atoms with Gasteiger partial charge in [-0.1, -0.05) is 12.1 Å². The molecule has 0 aliphatic carbocycles. The minimum absolute atomic E-state index is 0.00699. The Balaban J connectivity index is 2.26. The quantitative estimate of drug-likeness (QED) is 0.776. The van der Waals surface area contributed by atoms with Crippen molar-refractivity contribution in [3.8, 4) is 0 Å². The number of hydrogen-bond donors (Lipinski definition) is 1. The number of carboxylic acid groups (broad SMARTS) is 1. The van der Waals surface area contributed by atoms with Crippen molar-refractivity contribution in [2.75, 3.05) is 13.2 Å². The molecule has 0 radical (unpaired) electrons. The van der Waals surface area contributed by atoms with Crippen LogP contribution in [0.3, 0.4) is 0 Å². The second kappa shape index (κ2) is 7.10. The number of esters is 1. The summed E-state index contributed by atoms with van der Waals surface area (Å²) in [6.45, 7) is 2.13. The lowest BCUT2D eigenvalue weighted by Gasteiger charge is -2.21. The molecule has 0 saturated carbocycles. The van der Waals surface area contributed by atoms with Crippen molar-refractivity contribution in [2.45, 2.75) is 37.1 Å². The Labute approximate surface area is 134 Å². The smallest absolute Gasteiger partial charge is 0.322 e. The zero-order chi connectivity index (χ0) is 17.0. The normalized spacial score (nSPS) is 18.7. The van der Waals surface area contributed by atoms with Crippen LogP contribution in [-0.2, 0) is 30.8 Å². The van der Waals surface area contributed by atoms with E-state index in [-0.39, 0.29) is 24.5 Å². The van der Waals surface area contributed by atoms with Gasteiger partial charge in [0.05, 0.1) is 17.9 Å². The van der Waals surface area contributed by atoms with Gasteiger partial charge in [-0.05, 0) is 37.5 Å². The first-order valence-corrected chi connectivity index (χ1v) is 8.79. The van der Waals surface area contributed by atoms with Crippen LogP contribution in [0.1, 0.15) is 25.3 Å². The second-order valence-corrected chi connectivity index (χ2v) is 7.13. The van der Waals surface area contributed by atoms with Gasteiger partial charge in [0.2, 0.25) is 10.0 Å². The Kier molecular flexibility index (Phi) is 5.38. The molecule has 7 nitrogen and oxygen atoms in total. The summed E-state index contributed by atoms with van der Waals surface area (Å²) in [5.41, 5.74) is 0.510. The van der Waals surface area contributed by atoms with Crippen LogP contribution in [-0.4, -0.2) is 49.0 Å². The molecule has 1 heterocycles. The highest BCUT2D eigenvalue weighted by Gasteiger charge is 2.39. The first-order valence-electron chi connectivity index (χ1n) is 7.35. The predicted octanol–water partition coefficient (Wildman–Crippen LogP) is 1.03. The average Bonchev–Trinajstić information content (AvgIpc) is 2.98. The van der Waals surface area contributed by atoms with Crippen LogP contribution in [0, 0.1) is 0 Å². The van der Waals surface area contributed by atoms with E-state index in [1.807, 2.05) is 0 Å². The number of benzene rings is 1. The molecular weight excluding hydrogens is 322 g/mol. The predicted molar refractivity (Wildman–Crippen MR) is 81.3 cm³/mol. The van der Waals surface area contributed by atoms with Crippen molar-refractivity contribution in [3.05, 3.63) is 29.8 Å². The van der Waals surface area contributed by atoms with Gasteiger partial charge in [0.1, 0.15) is 6.04 Å². The fraction of sp³-hybridized carbons (Fsp3) is 0.467. The molecule has 8 heteroatoms. The van der Waals surface area contributed by atoms with Gasteiger partial charge in [0, 0.05) is 6.54 Å². The fourth-order valence-electron chi connectivity index (χ4n) is 2.60. The fourth-order valence-corrected chi connectivity index (χ4v) is 4.33. The lowest BCUT2D eigenvalue weighted by Crippen LogP contribution is -2.40. The number of hydrogen-bond acceptors (Lipinski definition) is 5. The summed E-state index contributed by atoms with van der Waals surface area (Å²) in [6, 6.07) is 4.93. The lowest BCUT2D eigenvalue weighted by atomic mass is 10.1. The Morgan fingerprint density at radius 3 is 2.78 bits per heavy atom. The number of carbonyl (C=O) groups is 2. The molecule has 2 rings (SSSR count). The zero-order valence-corrected chi connectivity index (χ0v) is 13.6. The Hall–Kier alpha value is -1.93. The topological polar surface area (TPSA) is 101 Å². The van der Waals surface area contributed by atoms with Crippen LogP contribution in [0.25, 0.3) is 0 Å². The van der Waals surface area contributed by atoms with Crippen LogP contribution in [0.4, 0.5) is 0 Å². The molecule has 1 N–H and O–H groups in total.